The standard InChI is InChI=1S/C15H11NO2/c1-18-14-7-11(9-16)6-13(8-14)15-5-3-2-4-12(15)10-17/h2-8,10H,1H3. The van der Waals surface area contributed by atoms with Crippen molar-refractivity contribution in [1.29, 1.82) is 5.26 Å². The van der Waals surface area contributed by atoms with Crippen LogP contribution in [0.4, 0.5) is 0 Å². The maximum Gasteiger partial charge on any atom is 0.150 e. The quantitative estimate of drug-likeness (QED) is 0.771. The lowest BCUT2D eigenvalue weighted by Crippen LogP contribution is -1.90. The molecule has 2 rings (SSSR count). The van der Waals surface area contributed by atoms with Gasteiger partial charge in [-0.1, -0.05) is 24.3 Å². The van der Waals surface area contributed by atoms with Gasteiger partial charge in [0, 0.05) is 5.56 Å². The van der Waals surface area contributed by atoms with E-state index in [4.69, 9.17) is 10.00 Å². The van der Waals surface area contributed by atoms with Crippen LogP contribution in [0.3, 0.4) is 0 Å². The minimum atomic E-state index is 0.505. The third-order valence-electron chi connectivity index (χ3n) is 2.67. The first-order valence-electron chi connectivity index (χ1n) is 5.42. The highest BCUT2D eigenvalue weighted by molar-refractivity contribution is 5.88. The van der Waals surface area contributed by atoms with Crippen LogP contribution < -0.4 is 4.74 Å². The van der Waals surface area contributed by atoms with Crippen molar-refractivity contribution in [3.63, 3.8) is 0 Å². The molecule has 88 valence electrons. The molecule has 0 heterocycles. The van der Waals surface area contributed by atoms with Gasteiger partial charge in [0.2, 0.25) is 0 Å². The summed E-state index contributed by atoms with van der Waals surface area (Å²) in [6.45, 7) is 0. The number of ether oxygens (including phenoxy) is 1. The van der Waals surface area contributed by atoms with Crippen molar-refractivity contribution in [3.05, 3.63) is 53.6 Å². The van der Waals surface area contributed by atoms with E-state index in [9.17, 15) is 4.79 Å². The Hall–Kier alpha value is -2.60. The first kappa shape index (κ1) is 11.9. The lowest BCUT2D eigenvalue weighted by molar-refractivity contribution is 0.112. The van der Waals surface area contributed by atoms with Gasteiger partial charge in [0.15, 0.2) is 6.29 Å². The summed E-state index contributed by atoms with van der Waals surface area (Å²) in [7, 11) is 1.55. The molecule has 0 unspecified atom stereocenters. The number of benzene rings is 2. The number of aldehydes is 1. The summed E-state index contributed by atoms with van der Waals surface area (Å²) in [6.07, 6.45) is 0.806. The lowest BCUT2D eigenvalue weighted by Gasteiger charge is -2.08. The van der Waals surface area contributed by atoms with Crippen molar-refractivity contribution in [2.45, 2.75) is 0 Å². The summed E-state index contributed by atoms with van der Waals surface area (Å²) < 4.78 is 5.15. The Kier molecular flexibility index (Phi) is 3.40. The van der Waals surface area contributed by atoms with Gasteiger partial charge in [0.1, 0.15) is 5.75 Å². The zero-order chi connectivity index (χ0) is 13.0. The zero-order valence-corrected chi connectivity index (χ0v) is 9.88. The molecule has 0 aliphatic heterocycles. The topological polar surface area (TPSA) is 50.1 Å². The molecule has 18 heavy (non-hydrogen) atoms. The third-order valence-corrected chi connectivity index (χ3v) is 2.67. The lowest BCUT2D eigenvalue weighted by atomic mass is 9.98. The molecule has 0 radical (unpaired) electrons. The first-order chi connectivity index (χ1) is 8.78. The number of rotatable bonds is 3. The average Bonchev–Trinajstić information content (AvgIpc) is 2.46. The van der Waals surface area contributed by atoms with E-state index in [1.54, 1.807) is 31.4 Å². The molecule has 3 nitrogen and oxygen atoms in total. The molecule has 0 aliphatic carbocycles. The van der Waals surface area contributed by atoms with Gasteiger partial charge in [0.05, 0.1) is 18.7 Å². The summed E-state index contributed by atoms with van der Waals surface area (Å²) in [5, 5.41) is 8.98. The van der Waals surface area contributed by atoms with Gasteiger partial charge in [0.25, 0.3) is 0 Å². The largest absolute Gasteiger partial charge is 0.497 e. The molecule has 3 heteroatoms. The number of nitriles is 1. The molecule has 0 aromatic heterocycles. The molecule has 2 aromatic carbocycles. The maximum absolute atomic E-state index is 11.0. The van der Waals surface area contributed by atoms with Crippen LogP contribution in [-0.2, 0) is 0 Å². The number of nitrogens with zero attached hydrogens (tertiary/aromatic N) is 1. The fourth-order valence-corrected chi connectivity index (χ4v) is 1.80. The van der Waals surface area contributed by atoms with Crippen LogP contribution in [0.1, 0.15) is 15.9 Å². The molecule has 0 saturated carbocycles. The summed E-state index contributed by atoms with van der Waals surface area (Å²) in [6, 6.07) is 14.5. The Balaban J connectivity index is 2.63. The average molecular weight is 237 g/mol. The fourth-order valence-electron chi connectivity index (χ4n) is 1.80. The highest BCUT2D eigenvalue weighted by Gasteiger charge is 2.07. The van der Waals surface area contributed by atoms with Gasteiger partial charge in [-0.15, -0.1) is 0 Å². The molecule has 0 bridgehead atoms. The number of methoxy groups -OCH3 is 1. The van der Waals surface area contributed by atoms with Gasteiger partial charge in [-0.05, 0) is 29.3 Å². The summed E-state index contributed by atoms with van der Waals surface area (Å²) in [5.74, 6) is 0.602. The number of carbonyl (C=O) groups excluding carboxylic acids is 1. The van der Waals surface area contributed by atoms with E-state index in [0.29, 0.717) is 16.9 Å². The number of hydrogen-bond donors (Lipinski definition) is 0. The second kappa shape index (κ2) is 5.15. The van der Waals surface area contributed by atoms with Crippen molar-refractivity contribution < 1.29 is 9.53 Å². The number of hydrogen-bond acceptors (Lipinski definition) is 3. The molecule has 0 saturated heterocycles. The fraction of sp³-hybridized carbons (Fsp3) is 0.0667. The van der Waals surface area contributed by atoms with E-state index in [-0.39, 0.29) is 0 Å². The maximum atomic E-state index is 11.0. The highest BCUT2D eigenvalue weighted by Crippen LogP contribution is 2.27. The molecule has 0 aliphatic rings. The Morgan fingerprint density at radius 3 is 2.67 bits per heavy atom. The Labute approximate surface area is 105 Å². The van der Waals surface area contributed by atoms with E-state index in [1.807, 2.05) is 18.2 Å². The second-order valence-corrected chi connectivity index (χ2v) is 3.77. The van der Waals surface area contributed by atoms with Crippen LogP contribution >= 0.6 is 0 Å². The van der Waals surface area contributed by atoms with Crippen molar-refractivity contribution >= 4 is 6.29 Å². The highest BCUT2D eigenvalue weighted by atomic mass is 16.5. The van der Waals surface area contributed by atoms with Crippen LogP contribution in [-0.4, -0.2) is 13.4 Å². The summed E-state index contributed by atoms with van der Waals surface area (Å²) in [5.41, 5.74) is 2.69. The van der Waals surface area contributed by atoms with E-state index in [0.717, 1.165) is 17.4 Å². The minimum Gasteiger partial charge on any atom is -0.497 e. The van der Waals surface area contributed by atoms with Crippen LogP contribution in [0.25, 0.3) is 11.1 Å². The molecule has 0 N–H and O–H groups in total. The SMILES string of the molecule is COc1cc(C#N)cc(-c2ccccc2C=O)c1. The predicted octanol–water partition coefficient (Wildman–Crippen LogP) is 3.05. The monoisotopic (exact) mass is 237 g/mol. The Morgan fingerprint density at radius 1 is 1.22 bits per heavy atom. The van der Waals surface area contributed by atoms with Crippen molar-refractivity contribution in [3.8, 4) is 22.9 Å². The van der Waals surface area contributed by atoms with E-state index in [1.165, 1.54) is 0 Å². The molecule has 2 aromatic rings. The minimum absolute atomic E-state index is 0.505. The van der Waals surface area contributed by atoms with Gasteiger partial charge in [-0.3, -0.25) is 4.79 Å². The van der Waals surface area contributed by atoms with E-state index in [2.05, 4.69) is 6.07 Å². The van der Waals surface area contributed by atoms with E-state index < -0.39 is 0 Å². The van der Waals surface area contributed by atoms with E-state index >= 15 is 0 Å². The van der Waals surface area contributed by atoms with Crippen LogP contribution in [0.2, 0.25) is 0 Å². The number of carbonyl (C=O) groups is 1. The molecule has 0 fully saturated rings. The zero-order valence-electron chi connectivity index (χ0n) is 9.88. The van der Waals surface area contributed by atoms with Crippen LogP contribution in [0.5, 0.6) is 5.75 Å². The second-order valence-electron chi connectivity index (χ2n) is 3.77. The van der Waals surface area contributed by atoms with Gasteiger partial charge >= 0.3 is 0 Å². The van der Waals surface area contributed by atoms with Crippen LogP contribution in [0, 0.1) is 11.3 Å². The summed E-state index contributed by atoms with van der Waals surface area (Å²) >= 11 is 0. The predicted molar refractivity (Wildman–Crippen MR) is 68.5 cm³/mol. The molecule has 0 atom stereocenters. The Morgan fingerprint density at radius 2 is 2.00 bits per heavy atom. The molecule has 0 spiro atoms. The van der Waals surface area contributed by atoms with Crippen molar-refractivity contribution in [2.24, 2.45) is 0 Å². The normalized spacial score (nSPS) is 9.56. The van der Waals surface area contributed by atoms with Gasteiger partial charge < -0.3 is 4.74 Å². The molecular formula is C15H11NO2. The van der Waals surface area contributed by atoms with Crippen molar-refractivity contribution in [2.75, 3.05) is 7.11 Å². The molecule has 0 amide bonds. The van der Waals surface area contributed by atoms with Gasteiger partial charge in [-0.25, -0.2) is 0 Å². The summed E-state index contributed by atoms with van der Waals surface area (Å²) in [4.78, 5) is 11.0. The Bertz CT molecular complexity index is 627. The smallest absolute Gasteiger partial charge is 0.150 e. The third kappa shape index (κ3) is 2.23. The first-order valence-corrected chi connectivity index (χ1v) is 5.42. The van der Waals surface area contributed by atoms with Gasteiger partial charge in [-0.2, -0.15) is 5.26 Å². The van der Waals surface area contributed by atoms with Crippen molar-refractivity contribution in [1.82, 2.24) is 0 Å². The van der Waals surface area contributed by atoms with Crippen LogP contribution in [0.15, 0.2) is 42.5 Å². The molecular weight excluding hydrogens is 226 g/mol.